The van der Waals surface area contributed by atoms with Crippen LogP contribution >= 0.6 is 0 Å². The molecule has 9 rings (SSSR count). The largest absolute Gasteiger partial charge is 0.309 e. The molecular formula is C46H38N4. The van der Waals surface area contributed by atoms with Gasteiger partial charge < -0.3 is 9.80 Å². The van der Waals surface area contributed by atoms with Crippen LogP contribution in [0.25, 0.3) is 22.3 Å². The number of fused-ring (bicyclic) bond motifs is 6. The highest BCUT2D eigenvalue weighted by atomic mass is 15.2. The first-order chi connectivity index (χ1) is 24.3. The Kier molecular flexibility index (Phi) is 6.79. The molecule has 2 heterocycles. The van der Waals surface area contributed by atoms with Crippen molar-refractivity contribution < 1.29 is 0 Å². The summed E-state index contributed by atoms with van der Waals surface area (Å²) in [5, 5.41) is 0. The Hall–Kier alpha value is -6.00. The lowest BCUT2D eigenvalue weighted by Gasteiger charge is -2.28. The van der Waals surface area contributed by atoms with Crippen LogP contribution in [0, 0.1) is 0 Å². The summed E-state index contributed by atoms with van der Waals surface area (Å²) in [6.45, 7) is 9.50. The monoisotopic (exact) mass is 646 g/mol. The predicted molar refractivity (Wildman–Crippen MR) is 207 cm³/mol. The molecule has 0 N–H and O–H groups in total. The third kappa shape index (κ3) is 4.59. The molecule has 7 aromatic rings. The summed E-state index contributed by atoms with van der Waals surface area (Å²) >= 11 is 0. The Morgan fingerprint density at radius 1 is 0.360 bits per heavy atom. The minimum absolute atomic E-state index is 0.176. The number of hydrogen-bond donors (Lipinski definition) is 0. The summed E-state index contributed by atoms with van der Waals surface area (Å²) in [5.41, 5.74) is 17.0. The number of nitrogens with zero attached hydrogens (tertiary/aromatic N) is 4. The smallest absolute Gasteiger partial charge is 0.0644 e. The molecule has 0 fully saturated rings. The molecule has 4 nitrogen and oxygen atoms in total. The number of para-hydroxylation sites is 2. The Balaban J connectivity index is 1.15. The van der Waals surface area contributed by atoms with Crippen molar-refractivity contribution in [3.63, 3.8) is 0 Å². The number of hydrogen-bond acceptors (Lipinski definition) is 4. The third-order valence-corrected chi connectivity index (χ3v) is 10.8. The summed E-state index contributed by atoms with van der Waals surface area (Å²) < 4.78 is 0. The van der Waals surface area contributed by atoms with Crippen molar-refractivity contribution in [1.82, 2.24) is 9.97 Å². The summed E-state index contributed by atoms with van der Waals surface area (Å²) in [5.74, 6) is 0. The topological polar surface area (TPSA) is 32.3 Å². The molecule has 4 heteroatoms. The van der Waals surface area contributed by atoms with Crippen molar-refractivity contribution in [2.24, 2.45) is 0 Å². The minimum Gasteiger partial charge on any atom is -0.309 e. The first-order valence-corrected chi connectivity index (χ1v) is 17.3. The van der Waals surface area contributed by atoms with Crippen LogP contribution in [-0.4, -0.2) is 9.97 Å². The number of aromatic nitrogens is 2. The van der Waals surface area contributed by atoms with E-state index < -0.39 is 0 Å². The lowest BCUT2D eigenvalue weighted by atomic mass is 9.79. The Labute approximate surface area is 294 Å². The fraction of sp³-hybridized carbons (Fsp3) is 0.130. The normalized spacial score (nSPS) is 14.3. The summed E-state index contributed by atoms with van der Waals surface area (Å²) in [7, 11) is 0. The second-order valence-electron chi connectivity index (χ2n) is 14.4. The van der Waals surface area contributed by atoms with Crippen LogP contribution < -0.4 is 9.80 Å². The first kappa shape index (κ1) is 30.1. The van der Waals surface area contributed by atoms with Crippen LogP contribution in [0.4, 0.5) is 34.1 Å². The van der Waals surface area contributed by atoms with E-state index >= 15 is 0 Å². The van der Waals surface area contributed by atoms with Crippen molar-refractivity contribution in [2.75, 3.05) is 9.80 Å². The Morgan fingerprint density at radius 3 is 1.12 bits per heavy atom. The molecule has 2 aromatic heterocycles. The van der Waals surface area contributed by atoms with Crippen LogP contribution in [0.2, 0.25) is 0 Å². The first-order valence-electron chi connectivity index (χ1n) is 17.3. The molecule has 5 aromatic carbocycles. The van der Waals surface area contributed by atoms with Gasteiger partial charge in [0.25, 0.3) is 0 Å². The van der Waals surface area contributed by atoms with Crippen molar-refractivity contribution in [3.8, 4) is 22.3 Å². The van der Waals surface area contributed by atoms with Gasteiger partial charge >= 0.3 is 0 Å². The van der Waals surface area contributed by atoms with Gasteiger partial charge in [-0.3, -0.25) is 9.97 Å². The van der Waals surface area contributed by atoms with Gasteiger partial charge in [0.1, 0.15) is 0 Å². The van der Waals surface area contributed by atoms with Gasteiger partial charge in [0.15, 0.2) is 0 Å². The predicted octanol–water partition coefficient (Wildman–Crippen LogP) is 12.0. The van der Waals surface area contributed by atoms with E-state index in [1.807, 2.05) is 36.9 Å². The fourth-order valence-corrected chi connectivity index (χ4v) is 8.24. The lowest BCUT2D eigenvalue weighted by molar-refractivity contribution is 0.652. The lowest BCUT2D eigenvalue weighted by Crippen LogP contribution is -2.18. The Bertz CT molecular complexity index is 2120. The molecule has 0 bridgehead atoms. The zero-order chi connectivity index (χ0) is 34.0. The van der Waals surface area contributed by atoms with E-state index in [0.717, 1.165) is 34.1 Å². The van der Waals surface area contributed by atoms with E-state index in [4.69, 9.17) is 0 Å². The summed E-state index contributed by atoms with van der Waals surface area (Å²) in [4.78, 5) is 13.5. The second-order valence-corrected chi connectivity index (χ2v) is 14.4. The van der Waals surface area contributed by atoms with Crippen molar-refractivity contribution >= 4 is 34.1 Å². The average molecular weight is 647 g/mol. The standard InChI is InChI=1S/C46H38N4/c1-45(2)41-25-33(49(31-13-7-5-8-14-31)35-17-11-23-47-29-35)19-21-37(41)39-28-44-40(27-43(39)45)38-22-20-34(26-42(38)46(44,3)4)50(32-15-9-6-10-16-32)36-18-12-24-48-30-36/h5-30H,1-4H3. The zero-order valence-electron chi connectivity index (χ0n) is 28.8. The van der Waals surface area contributed by atoms with Gasteiger partial charge in [0.05, 0.1) is 23.8 Å². The van der Waals surface area contributed by atoms with E-state index in [0.29, 0.717) is 0 Å². The highest BCUT2D eigenvalue weighted by Crippen LogP contribution is 2.57. The molecule has 0 atom stereocenters. The van der Waals surface area contributed by atoms with E-state index in [9.17, 15) is 0 Å². The molecule has 0 unspecified atom stereocenters. The fourth-order valence-electron chi connectivity index (χ4n) is 8.24. The highest BCUT2D eigenvalue weighted by molar-refractivity contribution is 5.92. The van der Waals surface area contributed by atoms with Gasteiger partial charge in [-0.1, -0.05) is 76.2 Å². The van der Waals surface area contributed by atoms with Crippen LogP contribution in [-0.2, 0) is 10.8 Å². The molecule has 50 heavy (non-hydrogen) atoms. The van der Waals surface area contributed by atoms with Crippen LogP contribution in [0.15, 0.2) is 158 Å². The zero-order valence-corrected chi connectivity index (χ0v) is 28.8. The van der Waals surface area contributed by atoms with Gasteiger partial charge in [0.2, 0.25) is 0 Å². The number of benzene rings is 5. The molecule has 0 radical (unpaired) electrons. The van der Waals surface area contributed by atoms with Crippen LogP contribution in [0.3, 0.4) is 0 Å². The molecule has 0 saturated heterocycles. The van der Waals surface area contributed by atoms with E-state index in [1.165, 1.54) is 44.5 Å². The maximum Gasteiger partial charge on any atom is 0.0644 e. The van der Waals surface area contributed by atoms with Gasteiger partial charge in [0, 0.05) is 46.0 Å². The second kappa shape index (κ2) is 11.3. The summed E-state index contributed by atoms with van der Waals surface area (Å²) in [6.07, 6.45) is 7.53. The summed E-state index contributed by atoms with van der Waals surface area (Å²) in [6, 6.07) is 48.3. The average Bonchev–Trinajstić information content (AvgIpc) is 3.51. The Morgan fingerprint density at radius 2 is 0.740 bits per heavy atom. The molecule has 2 aliphatic carbocycles. The molecule has 0 amide bonds. The van der Waals surface area contributed by atoms with Crippen LogP contribution in [0.1, 0.15) is 49.9 Å². The van der Waals surface area contributed by atoms with Crippen molar-refractivity contribution in [1.29, 1.82) is 0 Å². The van der Waals surface area contributed by atoms with Gasteiger partial charge in [-0.25, -0.2) is 0 Å². The van der Waals surface area contributed by atoms with Gasteiger partial charge in [-0.05, 0) is 129 Å². The maximum atomic E-state index is 4.46. The van der Waals surface area contributed by atoms with Crippen molar-refractivity contribution in [2.45, 2.75) is 38.5 Å². The van der Waals surface area contributed by atoms with Crippen LogP contribution in [0.5, 0.6) is 0 Å². The minimum atomic E-state index is -0.176. The number of pyridine rings is 2. The molecule has 0 aliphatic heterocycles. The molecule has 2 aliphatic rings. The third-order valence-electron chi connectivity index (χ3n) is 10.8. The quantitative estimate of drug-likeness (QED) is 0.180. The number of anilines is 6. The number of rotatable bonds is 6. The SMILES string of the molecule is CC1(C)c2cc(N(c3ccccc3)c3cccnc3)ccc2-c2cc3c(cc21)-c1ccc(N(c2ccccc2)c2cccnc2)cc1C3(C)C. The highest BCUT2D eigenvalue weighted by Gasteiger charge is 2.42. The molecule has 0 saturated carbocycles. The van der Waals surface area contributed by atoms with E-state index in [2.05, 4.69) is 169 Å². The molecule has 242 valence electrons. The van der Waals surface area contributed by atoms with E-state index in [-0.39, 0.29) is 10.8 Å². The maximum absolute atomic E-state index is 4.46. The molecular weight excluding hydrogens is 609 g/mol. The van der Waals surface area contributed by atoms with E-state index in [1.54, 1.807) is 0 Å². The molecule has 0 spiro atoms. The van der Waals surface area contributed by atoms with Gasteiger partial charge in [-0.2, -0.15) is 0 Å². The van der Waals surface area contributed by atoms with Crippen molar-refractivity contribution in [3.05, 3.63) is 181 Å². The van der Waals surface area contributed by atoms with Gasteiger partial charge in [-0.15, -0.1) is 0 Å².